The summed E-state index contributed by atoms with van der Waals surface area (Å²) in [5.41, 5.74) is 0. The molecule has 0 amide bonds. The van der Waals surface area contributed by atoms with Crippen LogP contribution < -0.4 is 4.74 Å². The van der Waals surface area contributed by atoms with Crippen molar-refractivity contribution in [1.82, 2.24) is 0 Å². The molecule has 20 heavy (non-hydrogen) atoms. The van der Waals surface area contributed by atoms with Gasteiger partial charge in [-0.15, -0.1) is 0 Å². The monoisotopic (exact) mass is 446 g/mol. The standard InChI is InChI=1S/C12H13Br2ClO4S/c13-10-5-9(20(15,16)17)6-11(14)12(10)19-7-8-1-3-18-4-2-8/h5-6,8H,1-4,7H2. The molecule has 0 radical (unpaired) electrons. The van der Waals surface area contributed by atoms with Gasteiger partial charge >= 0.3 is 0 Å². The minimum absolute atomic E-state index is 0.0244. The molecule has 1 aliphatic heterocycles. The quantitative estimate of drug-likeness (QED) is 0.655. The Balaban J connectivity index is 2.12. The van der Waals surface area contributed by atoms with Gasteiger partial charge in [0.05, 0.1) is 20.4 Å². The normalized spacial score (nSPS) is 17.1. The summed E-state index contributed by atoms with van der Waals surface area (Å²) in [5.74, 6) is 1.04. The van der Waals surface area contributed by atoms with E-state index in [1.54, 1.807) is 0 Å². The second-order valence-electron chi connectivity index (χ2n) is 4.52. The van der Waals surface area contributed by atoms with E-state index < -0.39 is 9.05 Å². The highest BCUT2D eigenvalue weighted by atomic mass is 79.9. The first kappa shape index (κ1) is 16.5. The van der Waals surface area contributed by atoms with E-state index in [2.05, 4.69) is 31.9 Å². The first-order valence-corrected chi connectivity index (χ1v) is 9.91. The Morgan fingerprint density at radius 1 is 1.25 bits per heavy atom. The summed E-state index contributed by atoms with van der Waals surface area (Å²) in [4.78, 5) is 0.0244. The summed E-state index contributed by atoms with van der Waals surface area (Å²) >= 11 is 6.63. The maximum atomic E-state index is 11.3. The Bertz CT molecular complexity index is 562. The molecule has 1 aliphatic rings. The zero-order valence-electron chi connectivity index (χ0n) is 10.4. The van der Waals surface area contributed by atoms with Gasteiger partial charge in [-0.05, 0) is 62.8 Å². The fourth-order valence-electron chi connectivity index (χ4n) is 1.93. The highest BCUT2D eigenvalue weighted by Crippen LogP contribution is 2.37. The van der Waals surface area contributed by atoms with Crippen molar-refractivity contribution >= 4 is 51.6 Å². The van der Waals surface area contributed by atoms with Gasteiger partial charge in [-0.3, -0.25) is 0 Å². The lowest BCUT2D eigenvalue weighted by Crippen LogP contribution is -2.21. The van der Waals surface area contributed by atoms with Gasteiger partial charge in [0.15, 0.2) is 0 Å². The minimum atomic E-state index is -3.76. The van der Waals surface area contributed by atoms with Crippen molar-refractivity contribution in [3.8, 4) is 5.75 Å². The number of halogens is 3. The number of hydrogen-bond donors (Lipinski definition) is 0. The average molecular weight is 449 g/mol. The molecule has 0 N–H and O–H groups in total. The molecule has 0 aliphatic carbocycles. The van der Waals surface area contributed by atoms with Gasteiger partial charge in [0, 0.05) is 23.9 Å². The fraction of sp³-hybridized carbons (Fsp3) is 0.500. The molecule has 2 rings (SSSR count). The molecule has 0 spiro atoms. The minimum Gasteiger partial charge on any atom is -0.491 e. The Labute approximate surface area is 139 Å². The van der Waals surface area contributed by atoms with Crippen LogP contribution in [0.1, 0.15) is 12.8 Å². The third-order valence-corrected chi connectivity index (χ3v) is 5.57. The molecule has 0 atom stereocenters. The SMILES string of the molecule is O=S(=O)(Cl)c1cc(Br)c(OCC2CCOCC2)c(Br)c1. The van der Waals surface area contributed by atoms with Gasteiger partial charge in [0.1, 0.15) is 5.75 Å². The molecule has 1 saturated heterocycles. The smallest absolute Gasteiger partial charge is 0.261 e. The van der Waals surface area contributed by atoms with Crippen LogP contribution in [0.4, 0.5) is 0 Å². The van der Waals surface area contributed by atoms with Gasteiger partial charge in [0.25, 0.3) is 9.05 Å². The van der Waals surface area contributed by atoms with Crippen LogP contribution in [0.5, 0.6) is 5.75 Å². The molecule has 0 saturated carbocycles. The summed E-state index contributed by atoms with van der Waals surface area (Å²) in [6, 6.07) is 2.87. The van der Waals surface area contributed by atoms with Crippen molar-refractivity contribution in [3.05, 3.63) is 21.1 Å². The van der Waals surface area contributed by atoms with E-state index in [1.807, 2.05) is 0 Å². The van der Waals surface area contributed by atoms with Crippen molar-refractivity contribution in [2.45, 2.75) is 17.7 Å². The summed E-state index contributed by atoms with van der Waals surface area (Å²) in [5, 5.41) is 0. The van der Waals surface area contributed by atoms with E-state index in [0.29, 0.717) is 27.2 Å². The van der Waals surface area contributed by atoms with E-state index in [-0.39, 0.29) is 4.90 Å². The molecule has 1 aromatic rings. The zero-order valence-corrected chi connectivity index (χ0v) is 15.2. The lowest BCUT2D eigenvalue weighted by atomic mass is 10.0. The van der Waals surface area contributed by atoms with Gasteiger partial charge in [-0.1, -0.05) is 0 Å². The van der Waals surface area contributed by atoms with Crippen LogP contribution in [-0.4, -0.2) is 28.2 Å². The molecule has 0 bridgehead atoms. The Morgan fingerprint density at radius 3 is 2.30 bits per heavy atom. The lowest BCUT2D eigenvalue weighted by Gasteiger charge is -2.22. The van der Waals surface area contributed by atoms with E-state index in [0.717, 1.165) is 26.1 Å². The van der Waals surface area contributed by atoms with Gasteiger partial charge < -0.3 is 9.47 Å². The zero-order chi connectivity index (χ0) is 14.8. The highest BCUT2D eigenvalue weighted by Gasteiger charge is 2.19. The second-order valence-corrected chi connectivity index (χ2v) is 8.80. The molecule has 4 nitrogen and oxygen atoms in total. The maximum absolute atomic E-state index is 11.3. The summed E-state index contributed by atoms with van der Waals surface area (Å²) < 4.78 is 34.8. The predicted molar refractivity (Wildman–Crippen MR) is 83.9 cm³/mol. The topological polar surface area (TPSA) is 52.6 Å². The van der Waals surface area contributed by atoms with Crippen LogP contribution >= 0.6 is 42.5 Å². The Hall–Kier alpha value is 0.180. The van der Waals surface area contributed by atoms with Gasteiger partial charge in [-0.2, -0.15) is 0 Å². The fourth-order valence-corrected chi connectivity index (χ4v) is 4.43. The molecular weight excluding hydrogens is 435 g/mol. The summed E-state index contributed by atoms with van der Waals surface area (Å²) in [6.45, 7) is 2.10. The van der Waals surface area contributed by atoms with E-state index in [9.17, 15) is 8.42 Å². The highest BCUT2D eigenvalue weighted by molar-refractivity contribution is 9.11. The van der Waals surface area contributed by atoms with Crippen LogP contribution in [0.25, 0.3) is 0 Å². The predicted octanol–water partition coefficient (Wildman–Crippen LogP) is 3.94. The van der Waals surface area contributed by atoms with Crippen molar-refractivity contribution in [3.63, 3.8) is 0 Å². The first-order chi connectivity index (χ1) is 9.38. The molecular formula is C12H13Br2ClO4S. The lowest BCUT2D eigenvalue weighted by molar-refractivity contribution is 0.0495. The third-order valence-electron chi connectivity index (χ3n) is 3.06. The van der Waals surface area contributed by atoms with E-state index >= 15 is 0 Å². The molecule has 0 aromatic heterocycles. The molecule has 1 fully saturated rings. The number of rotatable bonds is 4. The van der Waals surface area contributed by atoms with Crippen LogP contribution in [-0.2, 0) is 13.8 Å². The number of benzene rings is 1. The molecule has 8 heteroatoms. The van der Waals surface area contributed by atoms with Crippen molar-refractivity contribution in [2.75, 3.05) is 19.8 Å². The van der Waals surface area contributed by atoms with Crippen LogP contribution in [0.2, 0.25) is 0 Å². The van der Waals surface area contributed by atoms with Crippen molar-refractivity contribution < 1.29 is 17.9 Å². The van der Waals surface area contributed by atoms with Crippen LogP contribution in [0.3, 0.4) is 0 Å². The maximum Gasteiger partial charge on any atom is 0.261 e. The van der Waals surface area contributed by atoms with Gasteiger partial charge in [-0.25, -0.2) is 8.42 Å². The molecule has 0 unspecified atom stereocenters. The molecule has 112 valence electrons. The van der Waals surface area contributed by atoms with Gasteiger partial charge in [0.2, 0.25) is 0 Å². The Morgan fingerprint density at radius 2 is 1.80 bits per heavy atom. The van der Waals surface area contributed by atoms with Crippen molar-refractivity contribution in [1.29, 1.82) is 0 Å². The first-order valence-electron chi connectivity index (χ1n) is 6.02. The average Bonchev–Trinajstić information content (AvgIpc) is 2.37. The summed E-state index contributed by atoms with van der Waals surface area (Å²) in [7, 11) is 1.57. The van der Waals surface area contributed by atoms with Crippen molar-refractivity contribution in [2.24, 2.45) is 5.92 Å². The van der Waals surface area contributed by atoms with E-state index in [1.165, 1.54) is 12.1 Å². The second kappa shape index (κ2) is 6.96. The number of hydrogen-bond acceptors (Lipinski definition) is 4. The Kier molecular flexibility index (Phi) is 5.76. The van der Waals surface area contributed by atoms with Crippen LogP contribution in [0, 0.1) is 5.92 Å². The summed E-state index contributed by atoms with van der Waals surface area (Å²) in [6.07, 6.45) is 1.95. The van der Waals surface area contributed by atoms with E-state index in [4.69, 9.17) is 20.2 Å². The molecule has 1 aromatic carbocycles. The van der Waals surface area contributed by atoms with Crippen LogP contribution in [0.15, 0.2) is 26.0 Å². The molecule has 1 heterocycles. The number of ether oxygens (including phenoxy) is 2. The largest absolute Gasteiger partial charge is 0.491 e. The third kappa shape index (κ3) is 4.34.